The third kappa shape index (κ3) is 4.01. The molecule has 19 heavy (non-hydrogen) atoms. The van der Waals surface area contributed by atoms with Crippen molar-refractivity contribution in [2.75, 3.05) is 6.61 Å². The summed E-state index contributed by atoms with van der Waals surface area (Å²) in [7, 11) is 0. The number of esters is 1. The Kier molecular flexibility index (Phi) is 5.03. The Labute approximate surface area is 114 Å². The number of ether oxygens (including phenoxy) is 1. The maximum Gasteiger partial charge on any atom is 0.302 e. The first-order valence-corrected chi connectivity index (χ1v) is 5.76. The summed E-state index contributed by atoms with van der Waals surface area (Å²) >= 11 is 5.63. The number of rotatable bonds is 5. The average Bonchev–Trinajstić information content (AvgIpc) is 2.35. The van der Waals surface area contributed by atoms with Crippen molar-refractivity contribution in [2.24, 2.45) is 0 Å². The second-order valence-corrected chi connectivity index (χ2v) is 4.40. The number of alkyl halides is 2. The predicted molar refractivity (Wildman–Crippen MR) is 67.1 cm³/mol. The summed E-state index contributed by atoms with van der Waals surface area (Å²) in [5.74, 6) is -4.30. The fourth-order valence-electron chi connectivity index (χ4n) is 1.33. The van der Waals surface area contributed by atoms with Gasteiger partial charge in [-0.2, -0.15) is 8.78 Å². The van der Waals surface area contributed by atoms with E-state index in [1.54, 1.807) is 0 Å². The molecule has 0 saturated heterocycles. The molecule has 1 aromatic carbocycles. The van der Waals surface area contributed by atoms with Crippen LogP contribution >= 0.6 is 11.6 Å². The first kappa shape index (κ1) is 15.6. The van der Waals surface area contributed by atoms with Gasteiger partial charge in [0.1, 0.15) is 12.7 Å². The molecule has 3 nitrogen and oxygen atoms in total. The first-order valence-electron chi connectivity index (χ1n) is 5.38. The van der Waals surface area contributed by atoms with E-state index in [1.165, 1.54) is 24.3 Å². The molecule has 0 bridgehead atoms. The Morgan fingerprint density at radius 1 is 1.47 bits per heavy atom. The third-order valence-corrected chi connectivity index (χ3v) is 2.70. The van der Waals surface area contributed by atoms with E-state index in [1.807, 2.05) is 0 Å². The van der Waals surface area contributed by atoms with Crippen molar-refractivity contribution in [1.29, 1.82) is 0 Å². The minimum Gasteiger partial charge on any atom is -0.461 e. The number of halogens is 3. The second-order valence-electron chi connectivity index (χ2n) is 3.96. The molecule has 6 heteroatoms. The smallest absolute Gasteiger partial charge is 0.302 e. The maximum atomic E-state index is 13.9. The predicted octanol–water partition coefficient (Wildman–Crippen LogP) is 3.13. The fourth-order valence-corrected chi connectivity index (χ4v) is 1.46. The summed E-state index contributed by atoms with van der Waals surface area (Å²) in [5.41, 5.74) is -0.677. The van der Waals surface area contributed by atoms with Crippen molar-refractivity contribution in [3.05, 3.63) is 47.0 Å². The van der Waals surface area contributed by atoms with E-state index in [0.717, 1.165) is 6.92 Å². The second kappa shape index (κ2) is 6.12. The molecule has 104 valence electrons. The van der Waals surface area contributed by atoms with Crippen LogP contribution in [0.25, 0.3) is 0 Å². The normalized spacial score (nSPS) is 12.9. The molecule has 0 aliphatic rings. The third-order valence-electron chi connectivity index (χ3n) is 2.45. The van der Waals surface area contributed by atoms with Crippen molar-refractivity contribution in [3.63, 3.8) is 0 Å². The zero-order valence-electron chi connectivity index (χ0n) is 10.2. The Hall–Kier alpha value is -1.46. The van der Waals surface area contributed by atoms with Crippen molar-refractivity contribution in [1.82, 2.24) is 0 Å². The van der Waals surface area contributed by atoms with E-state index in [9.17, 15) is 18.7 Å². The zero-order chi connectivity index (χ0) is 14.6. The van der Waals surface area contributed by atoms with Gasteiger partial charge in [0.25, 0.3) is 0 Å². The zero-order valence-corrected chi connectivity index (χ0v) is 11.0. The summed E-state index contributed by atoms with van der Waals surface area (Å²) in [6, 6.07) is 5.37. The molecule has 0 fully saturated rings. The molecular formula is C13H13ClF2O3. The van der Waals surface area contributed by atoms with Gasteiger partial charge in [-0.3, -0.25) is 4.79 Å². The van der Waals surface area contributed by atoms with E-state index >= 15 is 0 Å². The molecule has 1 rings (SSSR count). The standard InChI is InChI=1S/C13H13ClF2O3/c1-8(7-19-9(2)17)13(15,16)12(18)10-3-5-11(14)6-4-10/h3-6,12,18H,1,7H2,2H3. The summed E-state index contributed by atoms with van der Waals surface area (Å²) in [6.45, 7) is 3.60. The van der Waals surface area contributed by atoms with Gasteiger partial charge in [0.05, 0.1) is 0 Å². The summed E-state index contributed by atoms with van der Waals surface area (Å²) in [4.78, 5) is 10.6. The van der Waals surface area contributed by atoms with Gasteiger partial charge in [-0.25, -0.2) is 0 Å². The summed E-state index contributed by atoms with van der Waals surface area (Å²) in [5, 5.41) is 10.1. The molecule has 0 saturated carbocycles. The van der Waals surface area contributed by atoms with Crippen LogP contribution in [-0.2, 0) is 9.53 Å². The Bertz CT molecular complexity index is 471. The first-order chi connectivity index (χ1) is 8.75. The lowest BCUT2D eigenvalue weighted by Crippen LogP contribution is -2.30. The van der Waals surface area contributed by atoms with E-state index in [2.05, 4.69) is 11.3 Å². The van der Waals surface area contributed by atoms with Gasteiger partial charge in [-0.15, -0.1) is 0 Å². The molecule has 1 atom stereocenters. The number of aliphatic hydroxyl groups is 1. The Morgan fingerprint density at radius 3 is 2.47 bits per heavy atom. The maximum absolute atomic E-state index is 13.9. The van der Waals surface area contributed by atoms with E-state index < -0.39 is 30.2 Å². The van der Waals surface area contributed by atoms with Gasteiger partial charge in [-0.05, 0) is 17.7 Å². The van der Waals surface area contributed by atoms with Crippen LogP contribution in [-0.4, -0.2) is 23.6 Å². The van der Waals surface area contributed by atoms with E-state index in [4.69, 9.17) is 11.6 Å². The monoisotopic (exact) mass is 290 g/mol. The molecule has 0 aliphatic carbocycles. The molecule has 0 aromatic heterocycles. The molecule has 1 unspecified atom stereocenters. The van der Waals surface area contributed by atoms with Crippen LogP contribution in [0.5, 0.6) is 0 Å². The number of hydrogen-bond acceptors (Lipinski definition) is 3. The van der Waals surface area contributed by atoms with Crippen molar-refractivity contribution in [3.8, 4) is 0 Å². The van der Waals surface area contributed by atoms with E-state index in [-0.39, 0.29) is 5.56 Å². The van der Waals surface area contributed by atoms with Gasteiger partial charge in [0.2, 0.25) is 0 Å². The number of carbonyl (C=O) groups is 1. The lowest BCUT2D eigenvalue weighted by Gasteiger charge is -2.24. The summed E-state index contributed by atoms with van der Waals surface area (Å²) < 4.78 is 32.2. The average molecular weight is 291 g/mol. The summed E-state index contributed by atoms with van der Waals surface area (Å²) in [6.07, 6.45) is -2.08. The molecular weight excluding hydrogens is 278 g/mol. The Morgan fingerprint density at radius 2 is 2.00 bits per heavy atom. The van der Waals surface area contributed by atoms with Gasteiger partial charge < -0.3 is 9.84 Å². The van der Waals surface area contributed by atoms with Crippen LogP contribution in [0, 0.1) is 0 Å². The number of aliphatic hydroxyl groups excluding tert-OH is 1. The highest BCUT2D eigenvalue weighted by Gasteiger charge is 2.42. The van der Waals surface area contributed by atoms with Gasteiger partial charge in [0, 0.05) is 17.5 Å². The topological polar surface area (TPSA) is 46.5 Å². The van der Waals surface area contributed by atoms with Crippen molar-refractivity contribution < 1.29 is 23.4 Å². The Balaban J connectivity index is 2.83. The van der Waals surface area contributed by atoms with Crippen LogP contribution in [0.15, 0.2) is 36.4 Å². The highest BCUT2D eigenvalue weighted by atomic mass is 35.5. The molecule has 0 amide bonds. The SMILES string of the molecule is C=C(COC(C)=O)C(F)(F)C(O)c1ccc(Cl)cc1. The molecule has 0 heterocycles. The fraction of sp³-hybridized carbons (Fsp3) is 0.308. The minimum atomic E-state index is -3.61. The highest BCUT2D eigenvalue weighted by molar-refractivity contribution is 6.30. The van der Waals surface area contributed by atoms with E-state index in [0.29, 0.717) is 5.02 Å². The number of hydrogen-bond donors (Lipinski definition) is 1. The van der Waals surface area contributed by atoms with Crippen LogP contribution in [0.3, 0.4) is 0 Å². The van der Waals surface area contributed by atoms with Crippen LogP contribution in [0.2, 0.25) is 5.02 Å². The minimum absolute atomic E-state index is 0.00150. The van der Waals surface area contributed by atoms with Crippen LogP contribution in [0.1, 0.15) is 18.6 Å². The van der Waals surface area contributed by atoms with Crippen molar-refractivity contribution in [2.45, 2.75) is 19.0 Å². The molecule has 0 radical (unpaired) electrons. The lowest BCUT2D eigenvalue weighted by molar-refractivity contribution is -0.142. The van der Waals surface area contributed by atoms with Crippen LogP contribution in [0.4, 0.5) is 8.78 Å². The van der Waals surface area contributed by atoms with Crippen LogP contribution < -0.4 is 0 Å². The highest BCUT2D eigenvalue weighted by Crippen LogP contribution is 2.37. The van der Waals surface area contributed by atoms with Crippen molar-refractivity contribution >= 4 is 17.6 Å². The van der Waals surface area contributed by atoms with Gasteiger partial charge in [-0.1, -0.05) is 30.3 Å². The molecule has 1 aromatic rings. The van der Waals surface area contributed by atoms with Gasteiger partial charge in [0.15, 0.2) is 0 Å². The number of carbonyl (C=O) groups excluding carboxylic acids is 1. The number of benzene rings is 1. The molecule has 0 aliphatic heterocycles. The van der Waals surface area contributed by atoms with Gasteiger partial charge >= 0.3 is 11.9 Å². The lowest BCUT2D eigenvalue weighted by atomic mass is 9.98. The molecule has 0 spiro atoms. The quantitative estimate of drug-likeness (QED) is 0.669. The molecule has 1 N–H and O–H groups in total. The largest absolute Gasteiger partial charge is 0.461 e.